The summed E-state index contributed by atoms with van der Waals surface area (Å²) in [7, 11) is 0. The molecule has 0 bridgehead atoms. The van der Waals surface area contributed by atoms with Gasteiger partial charge in [-0.2, -0.15) is 5.26 Å². The molecule has 1 aromatic heterocycles. The van der Waals surface area contributed by atoms with Crippen LogP contribution in [0.5, 0.6) is 0 Å². The Morgan fingerprint density at radius 1 is 1.26 bits per heavy atom. The fourth-order valence-electron chi connectivity index (χ4n) is 4.26. The van der Waals surface area contributed by atoms with E-state index < -0.39 is 0 Å². The van der Waals surface area contributed by atoms with Gasteiger partial charge in [0.05, 0.1) is 30.7 Å². The third-order valence-electron chi connectivity index (χ3n) is 5.85. The molecular formula is C27H36N6O2. The van der Waals surface area contributed by atoms with Crippen LogP contribution in [0.15, 0.2) is 46.3 Å². The first-order chi connectivity index (χ1) is 17.1. The summed E-state index contributed by atoms with van der Waals surface area (Å²) in [4.78, 5) is 22.3. The number of nitrogens with two attached hydrogens (primary N) is 1. The quantitative estimate of drug-likeness (QED) is 0.332. The molecule has 8 heteroatoms. The maximum atomic E-state index is 12.6. The zero-order valence-corrected chi connectivity index (χ0v) is 20.5. The number of H-pyrrole nitrogens is 1. The predicted molar refractivity (Wildman–Crippen MR) is 142 cm³/mol. The largest absolute Gasteiger partial charge is 0.383 e. The minimum atomic E-state index is -0.221. The highest BCUT2D eigenvalue weighted by Crippen LogP contribution is 2.23. The van der Waals surface area contributed by atoms with Gasteiger partial charge in [0.2, 0.25) is 0 Å². The van der Waals surface area contributed by atoms with Gasteiger partial charge in [0.15, 0.2) is 0 Å². The summed E-state index contributed by atoms with van der Waals surface area (Å²) in [6, 6.07) is 12.0. The Labute approximate surface area is 208 Å². The van der Waals surface area contributed by atoms with Crippen LogP contribution in [0.25, 0.3) is 0 Å². The molecule has 2 fully saturated rings. The van der Waals surface area contributed by atoms with Crippen LogP contribution in [0, 0.1) is 24.2 Å². The van der Waals surface area contributed by atoms with Crippen molar-refractivity contribution in [3.8, 4) is 18.9 Å². The molecule has 2 aromatic rings. The molecule has 0 unspecified atom stereocenters. The predicted octanol–water partition coefficient (Wildman–Crippen LogP) is 3.77. The first-order valence-corrected chi connectivity index (χ1v) is 12.0. The van der Waals surface area contributed by atoms with E-state index in [1.807, 2.05) is 24.3 Å². The van der Waals surface area contributed by atoms with Gasteiger partial charge in [0, 0.05) is 38.8 Å². The average Bonchev–Trinajstić information content (AvgIpc) is 2.87. The summed E-state index contributed by atoms with van der Waals surface area (Å²) in [5, 5.41) is 10.8. The van der Waals surface area contributed by atoms with Crippen molar-refractivity contribution >= 4 is 17.2 Å². The van der Waals surface area contributed by atoms with Gasteiger partial charge in [-0.25, -0.2) is 4.99 Å². The number of nitrogens with zero attached hydrogens (tertiary/aromatic N) is 3. The zero-order valence-electron chi connectivity index (χ0n) is 20.5. The molecule has 0 radical (unpaired) electrons. The number of ether oxygens (including phenoxy) is 1. The number of aromatic nitrogens is 1. The number of rotatable bonds is 6. The first kappa shape index (κ1) is 27.7. The molecule has 1 saturated heterocycles. The number of hydrogen-bond donors (Lipinski definition) is 3. The topological polar surface area (TPSA) is 120 Å². The molecule has 4 rings (SSSR count). The van der Waals surface area contributed by atoms with Crippen LogP contribution < -0.4 is 16.6 Å². The van der Waals surface area contributed by atoms with Crippen molar-refractivity contribution in [3.05, 3.63) is 58.0 Å². The van der Waals surface area contributed by atoms with Crippen LogP contribution >= 0.6 is 0 Å². The third kappa shape index (κ3) is 8.94. The van der Waals surface area contributed by atoms with E-state index >= 15 is 0 Å². The van der Waals surface area contributed by atoms with Gasteiger partial charge in [-0.05, 0) is 36.6 Å². The van der Waals surface area contributed by atoms with Crippen molar-refractivity contribution in [2.45, 2.75) is 51.6 Å². The molecule has 186 valence electrons. The summed E-state index contributed by atoms with van der Waals surface area (Å²) in [5.74, 6) is 0.235. The van der Waals surface area contributed by atoms with Crippen molar-refractivity contribution in [1.82, 2.24) is 9.88 Å². The minimum Gasteiger partial charge on any atom is -0.383 e. The summed E-state index contributed by atoms with van der Waals surface area (Å²) in [6.07, 6.45) is 15.6. The summed E-state index contributed by atoms with van der Waals surface area (Å²) in [6.45, 7) is 5.71. The van der Waals surface area contributed by atoms with E-state index in [2.05, 4.69) is 39.1 Å². The van der Waals surface area contributed by atoms with E-state index in [4.69, 9.17) is 15.7 Å². The molecule has 4 N–H and O–H groups in total. The minimum absolute atomic E-state index is 0.221. The Bertz CT molecular complexity index is 1060. The average molecular weight is 477 g/mol. The standard InChI is InChI=1S/C23H31N5O2.C2H3N.C2H2/c24-22(21-20(9-10-25-23(21)29)26-18-6-2-1-3-7-18)27-19-8-4-5-17(15-19)16-28-11-13-30-14-12-28;1-2-3;1-2/h4-5,8-10,15,18H,1-3,6-7,11-14,16H2,(H2,24,27)(H2,25,26,29);1H3;1-2H. The number of morpholine rings is 1. The molecule has 1 aliphatic carbocycles. The fourth-order valence-corrected chi connectivity index (χ4v) is 4.26. The fraction of sp³-hybridized carbons (Fsp3) is 0.444. The SMILES string of the molecule is C#C.CC#N.NC(=Nc1cccc(CN2CCOCC2)c1)c1c(NC2CCCCC2)cc[nH]c1=O. The lowest BCUT2D eigenvalue weighted by Crippen LogP contribution is -2.35. The third-order valence-corrected chi connectivity index (χ3v) is 5.85. The number of anilines is 1. The summed E-state index contributed by atoms with van der Waals surface area (Å²) in [5.41, 5.74) is 9.22. The number of aliphatic imine (C=N–C) groups is 1. The van der Waals surface area contributed by atoms with Gasteiger partial charge in [-0.1, -0.05) is 31.4 Å². The van der Waals surface area contributed by atoms with Gasteiger partial charge in [-0.15, -0.1) is 12.8 Å². The highest BCUT2D eigenvalue weighted by molar-refractivity contribution is 6.03. The molecule has 0 spiro atoms. The molecule has 2 heterocycles. The Kier molecular flexibility index (Phi) is 12.1. The van der Waals surface area contributed by atoms with Crippen LogP contribution in [0.2, 0.25) is 0 Å². The lowest BCUT2D eigenvalue weighted by atomic mass is 9.95. The molecule has 2 aliphatic rings. The normalized spacial score (nSPS) is 16.6. The zero-order chi connectivity index (χ0) is 25.5. The highest BCUT2D eigenvalue weighted by Gasteiger charge is 2.18. The second-order valence-corrected chi connectivity index (χ2v) is 8.35. The number of pyridine rings is 1. The van der Waals surface area contributed by atoms with Crippen LogP contribution in [0.1, 0.15) is 50.2 Å². The van der Waals surface area contributed by atoms with E-state index in [1.54, 1.807) is 12.3 Å². The van der Waals surface area contributed by atoms with Gasteiger partial charge in [-0.3, -0.25) is 9.69 Å². The van der Waals surface area contributed by atoms with Crippen molar-refractivity contribution in [2.24, 2.45) is 10.7 Å². The Morgan fingerprint density at radius 3 is 2.63 bits per heavy atom. The molecule has 8 nitrogen and oxygen atoms in total. The van der Waals surface area contributed by atoms with Crippen LogP contribution in [-0.4, -0.2) is 48.1 Å². The lowest BCUT2D eigenvalue weighted by Gasteiger charge is -2.26. The van der Waals surface area contributed by atoms with E-state index in [0.717, 1.165) is 57.1 Å². The number of nitriles is 1. The number of nitrogens with one attached hydrogen (secondary N) is 2. The van der Waals surface area contributed by atoms with E-state index in [0.29, 0.717) is 11.6 Å². The molecule has 1 saturated carbocycles. The van der Waals surface area contributed by atoms with Gasteiger partial charge >= 0.3 is 0 Å². The number of hydrogen-bond acceptors (Lipinski definition) is 6. The molecule has 0 amide bonds. The van der Waals surface area contributed by atoms with E-state index in [1.165, 1.54) is 31.7 Å². The maximum absolute atomic E-state index is 12.6. The number of aromatic amines is 1. The van der Waals surface area contributed by atoms with Crippen molar-refractivity contribution in [2.75, 3.05) is 31.6 Å². The highest BCUT2D eigenvalue weighted by atomic mass is 16.5. The number of benzene rings is 1. The summed E-state index contributed by atoms with van der Waals surface area (Å²) < 4.78 is 5.42. The van der Waals surface area contributed by atoms with Gasteiger partial charge in [0.1, 0.15) is 11.4 Å². The molecular weight excluding hydrogens is 440 g/mol. The van der Waals surface area contributed by atoms with Crippen molar-refractivity contribution < 1.29 is 4.74 Å². The van der Waals surface area contributed by atoms with Gasteiger partial charge < -0.3 is 20.8 Å². The second-order valence-electron chi connectivity index (χ2n) is 8.35. The van der Waals surface area contributed by atoms with Crippen molar-refractivity contribution in [1.29, 1.82) is 5.26 Å². The van der Waals surface area contributed by atoms with Crippen LogP contribution in [0.4, 0.5) is 11.4 Å². The lowest BCUT2D eigenvalue weighted by molar-refractivity contribution is 0.0342. The monoisotopic (exact) mass is 476 g/mol. The van der Waals surface area contributed by atoms with E-state index in [9.17, 15) is 4.79 Å². The smallest absolute Gasteiger partial charge is 0.261 e. The Morgan fingerprint density at radius 2 is 1.94 bits per heavy atom. The van der Waals surface area contributed by atoms with Crippen LogP contribution in [0.3, 0.4) is 0 Å². The Balaban J connectivity index is 0.000000803. The molecule has 1 aliphatic heterocycles. The maximum Gasteiger partial charge on any atom is 0.261 e. The number of amidine groups is 1. The van der Waals surface area contributed by atoms with Gasteiger partial charge in [0.25, 0.3) is 5.56 Å². The van der Waals surface area contributed by atoms with Crippen molar-refractivity contribution in [3.63, 3.8) is 0 Å². The van der Waals surface area contributed by atoms with E-state index in [-0.39, 0.29) is 11.4 Å². The molecule has 0 atom stereocenters. The first-order valence-electron chi connectivity index (χ1n) is 12.0. The van der Waals surface area contributed by atoms with Crippen LogP contribution in [-0.2, 0) is 11.3 Å². The molecule has 35 heavy (non-hydrogen) atoms. The number of terminal acetylenes is 1. The molecule has 1 aromatic carbocycles. The summed E-state index contributed by atoms with van der Waals surface area (Å²) >= 11 is 0. The second kappa shape index (κ2) is 15.3. The Hall–Kier alpha value is -3.59.